The number of aromatic nitrogens is 1. The van der Waals surface area contributed by atoms with Gasteiger partial charge in [-0.1, -0.05) is 30.3 Å². The SMILES string of the molecule is CN(CCc1ccncc1)C(CN)Cc1ccccc1. The van der Waals surface area contributed by atoms with Crippen LogP contribution in [0.25, 0.3) is 0 Å². The van der Waals surface area contributed by atoms with E-state index in [0.29, 0.717) is 12.6 Å². The zero-order valence-electron chi connectivity index (χ0n) is 12.1. The molecule has 2 rings (SSSR count). The van der Waals surface area contributed by atoms with Crippen LogP contribution in [0, 0.1) is 0 Å². The topological polar surface area (TPSA) is 42.2 Å². The molecule has 0 saturated carbocycles. The monoisotopic (exact) mass is 269 g/mol. The van der Waals surface area contributed by atoms with E-state index >= 15 is 0 Å². The first kappa shape index (κ1) is 14.7. The van der Waals surface area contributed by atoms with Crippen molar-refractivity contribution in [3.8, 4) is 0 Å². The largest absolute Gasteiger partial charge is 0.329 e. The first-order chi connectivity index (χ1) is 9.79. The fraction of sp³-hybridized carbons (Fsp3) is 0.353. The summed E-state index contributed by atoms with van der Waals surface area (Å²) in [5.74, 6) is 0. The first-order valence-electron chi connectivity index (χ1n) is 7.12. The van der Waals surface area contributed by atoms with E-state index in [-0.39, 0.29) is 0 Å². The summed E-state index contributed by atoms with van der Waals surface area (Å²) in [6, 6.07) is 15.1. The second-order valence-corrected chi connectivity index (χ2v) is 5.17. The molecule has 106 valence electrons. The summed E-state index contributed by atoms with van der Waals surface area (Å²) in [6.45, 7) is 1.69. The molecule has 0 radical (unpaired) electrons. The highest BCUT2D eigenvalue weighted by Gasteiger charge is 2.13. The summed E-state index contributed by atoms with van der Waals surface area (Å²) in [6.07, 6.45) is 5.73. The summed E-state index contributed by atoms with van der Waals surface area (Å²) in [4.78, 5) is 6.40. The van der Waals surface area contributed by atoms with Crippen LogP contribution >= 0.6 is 0 Å². The molecule has 3 heteroatoms. The van der Waals surface area contributed by atoms with Gasteiger partial charge < -0.3 is 10.6 Å². The Labute approximate surface area is 121 Å². The Morgan fingerprint density at radius 2 is 1.75 bits per heavy atom. The highest BCUT2D eigenvalue weighted by atomic mass is 15.1. The van der Waals surface area contributed by atoms with Crippen LogP contribution in [0.3, 0.4) is 0 Å². The highest BCUT2D eigenvalue weighted by Crippen LogP contribution is 2.08. The van der Waals surface area contributed by atoms with E-state index in [1.165, 1.54) is 11.1 Å². The number of nitrogens with two attached hydrogens (primary N) is 1. The standard InChI is InChI=1S/C17H23N3/c1-20(12-9-15-7-10-19-11-8-15)17(14-18)13-16-5-3-2-4-6-16/h2-8,10-11,17H,9,12-14,18H2,1H3. The molecule has 2 aromatic rings. The lowest BCUT2D eigenvalue weighted by Crippen LogP contribution is -2.40. The Bertz CT molecular complexity index is 484. The normalized spacial score (nSPS) is 12.6. The molecule has 0 aliphatic heterocycles. The molecular weight excluding hydrogens is 246 g/mol. The van der Waals surface area contributed by atoms with Gasteiger partial charge in [-0.05, 0) is 43.1 Å². The van der Waals surface area contributed by atoms with Crippen molar-refractivity contribution < 1.29 is 0 Å². The minimum atomic E-state index is 0.388. The van der Waals surface area contributed by atoms with Gasteiger partial charge in [0, 0.05) is 31.5 Å². The number of benzene rings is 1. The zero-order valence-corrected chi connectivity index (χ0v) is 12.1. The van der Waals surface area contributed by atoms with Crippen molar-refractivity contribution in [2.75, 3.05) is 20.1 Å². The molecule has 1 atom stereocenters. The summed E-state index contributed by atoms with van der Waals surface area (Å²) >= 11 is 0. The second-order valence-electron chi connectivity index (χ2n) is 5.17. The lowest BCUT2D eigenvalue weighted by molar-refractivity contribution is 0.248. The minimum Gasteiger partial charge on any atom is -0.329 e. The molecule has 0 aliphatic carbocycles. The van der Waals surface area contributed by atoms with Crippen molar-refractivity contribution in [1.82, 2.24) is 9.88 Å². The van der Waals surface area contributed by atoms with Gasteiger partial charge in [0.1, 0.15) is 0 Å². The van der Waals surface area contributed by atoms with E-state index in [4.69, 9.17) is 5.73 Å². The van der Waals surface area contributed by atoms with Gasteiger partial charge in [0.15, 0.2) is 0 Å². The molecule has 0 amide bonds. The third kappa shape index (κ3) is 4.44. The predicted octanol–water partition coefficient (Wildman–Crippen LogP) is 2.13. The molecule has 1 aromatic carbocycles. The third-order valence-corrected chi connectivity index (χ3v) is 3.71. The van der Waals surface area contributed by atoms with E-state index in [0.717, 1.165) is 19.4 Å². The van der Waals surface area contributed by atoms with Crippen molar-refractivity contribution in [1.29, 1.82) is 0 Å². The van der Waals surface area contributed by atoms with Gasteiger partial charge in [0.2, 0.25) is 0 Å². The van der Waals surface area contributed by atoms with E-state index in [1.54, 1.807) is 0 Å². The maximum atomic E-state index is 5.94. The van der Waals surface area contributed by atoms with Gasteiger partial charge in [0.25, 0.3) is 0 Å². The van der Waals surface area contributed by atoms with Crippen LogP contribution in [0.4, 0.5) is 0 Å². The summed E-state index contributed by atoms with van der Waals surface area (Å²) < 4.78 is 0. The van der Waals surface area contributed by atoms with Crippen LogP contribution in [-0.2, 0) is 12.8 Å². The van der Waals surface area contributed by atoms with Crippen LogP contribution in [0.15, 0.2) is 54.9 Å². The Hall–Kier alpha value is -1.71. The van der Waals surface area contributed by atoms with Crippen molar-refractivity contribution in [2.45, 2.75) is 18.9 Å². The molecule has 1 aromatic heterocycles. The van der Waals surface area contributed by atoms with Crippen molar-refractivity contribution >= 4 is 0 Å². The molecule has 0 spiro atoms. The Morgan fingerprint density at radius 3 is 2.40 bits per heavy atom. The van der Waals surface area contributed by atoms with Crippen LogP contribution in [0.5, 0.6) is 0 Å². The molecule has 3 nitrogen and oxygen atoms in total. The van der Waals surface area contributed by atoms with Gasteiger partial charge in [-0.25, -0.2) is 0 Å². The molecular formula is C17H23N3. The molecule has 1 heterocycles. The van der Waals surface area contributed by atoms with Crippen molar-refractivity contribution in [2.24, 2.45) is 5.73 Å². The third-order valence-electron chi connectivity index (χ3n) is 3.71. The van der Waals surface area contributed by atoms with Gasteiger partial charge in [-0.3, -0.25) is 4.98 Å². The molecule has 0 aliphatic rings. The van der Waals surface area contributed by atoms with Crippen molar-refractivity contribution in [3.05, 3.63) is 66.0 Å². The molecule has 1 unspecified atom stereocenters. The number of hydrogen-bond donors (Lipinski definition) is 1. The smallest absolute Gasteiger partial charge is 0.0270 e. The average Bonchev–Trinajstić information content (AvgIpc) is 2.52. The molecule has 2 N–H and O–H groups in total. The Morgan fingerprint density at radius 1 is 1.05 bits per heavy atom. The van der Waals surface area contributed by atoms with Crippen molar-refractivity contribution in [3.63, 3.8) is 0 Å². The van der Waals surface area contributed by atoms with E-state index in [9.17, 15) is 0 Å². The van der Waals surface area contributed by atoms with Gasteiger partial charge in [-0.15, -0.1) is 0 Å². The quantitative estimate of drug-likeness (QED) is 0.837. The number of hydrogen-bond acceptors (Lipinski definition) is 3. The number of nitrogens with zero attached hydrogens (tertiary/aromatic N) is 2. The zero-order chi connectivity index (χ0) is 14.2. The van der Waals surface area contributed by atoms with E-state index in [1.807, 2.05) is 18.5 Å². The lowest BCUT2D eigenvalue weighted by atomic mass is 10.0. The van der Waals surface area contributed by atoms with E-state index < -0.39 is 0 Å². The van der Waals surface area contributed by atoms with E-state index in [2.05, 4.69) is 53.3 Å². The number of likely N-dealkylation sites (N-methyl/N-ethyl adjacent to an activating group) is 1. The van der Waals surface area contributed by atoms with Crippen LogP contribution in [0.1, 0.15) is 11.1 Å². The average molecular weight is 269 g/mol. The fourth-order valence-corrected chi connectivity index (χ4v) is 2.34. The van der Waals surface area contributed by atoms with Crippen LogP contribution in [-0.4, -0.2) is 36.1 Å². The molecule has 20 heavy (non-hydrogen) atoms. The predicted molar refractivity (Wildman–Crippen MR) is 83.6 cm³/mol. The number of pyridine rings is 1. The summed E-state index contributed by atoms with van der Waals surface area (Å²) in [5.41, 5.74) is 8.61. The summed E-state index contributed by atoms with van der Waals surface area (Å²) in [7, 11) is 2.15. The molecule has 0 fully saturated rings. The van der Waals surface area contributed by atoms with Gasteiger partial charge in [0.05, 0.1) is 0 Å². The molecule has 0 bridgehead atoms. The second kappa shape index (κ2) is 7.78. The van der Waals surface area contributed by atoms with Gasteiger partial charge in [-0.2, -0.15) is 0 Å². The van der Waals surface area contributed by atoms with Gasteiger partial charge >= 0.3 is 0 Å². The Kier molecular flexibility index (Phi) is 5.71. The highest BCUT2D eigenvalue weighted by molar-refractivity contribution is 5.16. The van der Waals surface area contributed by atoms with Crippen LogP contribution in [0.2, 0.25) is 0 Å². The minimum absolute atomic E-state index is 0.388. The van der Waals surface area contributed by atoms with Crippen LogP contribution < -0.4 is 5.73 Å². The molecule has 0 saturated heterocycles. The number of rotatable bonds is 7. The summed E-state index contributed by atoms with van der Waals surface area (Å²) in [5, 5.41) is 0. The lowest BCUT2D eigenvalue weighted by Gasteiger charge is -2.27. The maximum absolute atomic E-state index is 5.94. The fourth-order valence-electron chi connectivity index (χ4n) is 2.34. The first-order valence-corrected chi connectivity index (χ1v) is 7.12. The Balaban J connectivity index is 1.87. The maximum Gasteiger partial charge on any atom is 0.0270 e.